The first-order valence-corrected chi connectivity index (χ1v) is 14.1. The molecule has 7 nitrogen and oxygen atoms in total. The number of amides is 2. The summed E-state index contributed by atoms with van der Waals surface area (Å²) in [6.45, 7) is 5.73. The SMILES string of the molecule is CC[C@@H](C(=O)NCC(C)C)N(Cc1ccc(Cl)c(Cl)c1)C(=O)CN(c1ccc(Cl)cc1)S(C)(=O)=O. The van der Waals surface area contributed by atoms with E-state index in [1.54, 1.807) is 37.3 Å². The number of carbonyl (C=O) groups excluding carboxylic acids is 2. The summed E-state index contributed by atoms with van der Waals surface area (Å²) in [5, 5.41) is 3.98. The van der Waals surface area contributed by atoms with Crippen LogP contribution in [0.4, 0.5) is 5.69 Å². The molecule has 0 fully saturated rings. The maximum absolute atomic E-state index is 13.6. The number of benzene rings is 2. The highest BCUT2D eigenvalue weighted by Gasteiger charge is 2.31. The lowest BCUT2D eigenvalue weighted by molar-refractivity contribution is -0.140. The first-order valence-electron chi connectivity index (χ1n) is 11.1. The minimum Gasteiger partial charge on any atom is -0.354 e. The topological polar surface area (TPSA) is 86.8 Å². The second-order valence-corrected chi connectivity index (χ2v) is 11.7. The normalized spacial score (nSPS) is 12.3. The van der Waals surface area contributed by atoms with E-state index in [9.17, 15) is 18.0 Å². The molecule has 0 bridgehead atoms. The van der Waals surface area contributed by atoms with E-state index >= 15 is 0 Å². The van der Waals surface area contributed by atoms with Gasteiger partial charge in [-0.15, -0.1) is 0 Å². The molecule has 0 saturated carbocycles. The second-order valence-electron chi connectivity index (χ2n) is 8.58. The van der Waals surface area contributed by atoms with Crippen LogP contribution in [0.2, 0.25) is 15.1 Å². The lowest BCUT2D eigenvalue weighted by atomic mass is 10.1. The molecule has 2 amide bonds. The third kappa shape index (κ3) is 8.56. The zero-order chi connectivity index (χ0) is 26.3. The van der Waals surface area contributed by atoms with E-state index in [4.69, 9.17) is 34.8 Å². The van der Waals surface area contributed by atoms with Gasteiger partial charge in [0.05, 0.1) is 22.0 Å². The van der Waals surface area contributed by atoms with Gasteiger partial charge in [0.15, 0.2) is 0 Å². The highest BCUT2D eigenvalue weighted by Crippen LogP contribution is 2.25. The molecule has 0 heterocycles. The molecule has 1 N–H and O–H groups in total. The van der Waals surface area contributed by atoms with E-state index in [2.05, 4.69) is 5.32 Å². The van der Waals surface area contributed by atoms with Gasteiger partial charge in [-0.1, -0.05) is 61.6 Å². The Morgan fingerprint density at radius 1 is 1.00 bits per heavy atom. The second kappa shape index (κ2) is 12.8. The molecular formula is C24H30Cl3N3O4S. The molecule has 192 valence electrons. The lowest BCUT2D eigenvalue weighted by Crippen LogP contribution is -2.52. The van der Waals surface area contributed by atoms with E-state index in [0.29, 0.717) is 33.6 Å². The predicted octanol–water partition coefficient (Wildman–Crippen LogP) is 4.99. The summed E-state index contributed by atoms with van der Waals surface area (Å²) < 4.78 is 26.1. The van der Waals surface area contributed by atoms with Crippen LogP contribution in [0.15, 0.2) is 42.5 Å². The van der Waals surface area contributed by atoms with Crippen molar-refractivity contribution in [2.75, 3.05) is 23.7 Å². The van der Waals surface area contributed by atoms with Gasteiger partial charge in [-0.05, 0) is 54.3 Å². The van der Waals surface area contributed by atoms with Gasteiger partial charge in [0.25, 0.3) is 0 Å². The average Bonchev–Trinajstić information content (AvgIpc) is 2.78. The summed E-state index contributed by atoms with van der Waals surface area (Å²) in [6.07, 6.45) is 1.35. The number of sulfonamides is 1. The van der Waals surface area contributed by atoms with Gasteiger partial charge in [0, 0.05) is 18.1 Å². The van der Waals surface area contributed by atoms with Crippen molar-refractivity contribution in [3.63, 3.8) is 0 Å². The molecule has 0 spiro atoms. The van der Waals surface area contributed by atoms with E-state index in [1.165, 1.54) is 17.0 Å². The Balaban J connectivity index is 2.43. The number of nitrogens with zero attached hydrogens (tertiary/aromatic N) is 2. The highest BCUT2D eigenvalue weighted by molar-refractivity contribution is 7.92. The smallest absolute Gasteiger partial charge is 0.244 e. The summed E-state index contributed by atoms with van der Waals surface area (Å²) in [4.78, 5) is 28.0. The number of anilines is 1. The van der Waals surface area contributed by atoms with Crippen molar-refractivity contribution in [3.8, 4) is 0 Å². The van der Waals surface area contributed by atoms with Crippen LogP contribution in [0, 0.1) is 5.92 Å². The van der Waals surface area contributed by atoms with E-state index in [0.717, 1.165) is 10.6 Å². The molecular weight excluding hydrogens is 533 g/mol. The van der Waals surface area contributed by atoms with Crippen molar-refractivity contribution < 1.29 is 18.0 Å². The average molecular weight is 563 g/mol. The molecule has 0 aliphatic rings. The predicted molar refractivity (Wildman–Crippen MR) is 143 cm³/mol. The van der Waals surface area contributed by atoms with Gasteiger partial charge in [-0.25, -0.2) is 8.42 Å². The number of hydrogen-bond acceptors (Lipinski definition) is 4. The molecule has 35 heavy (non-hydrogen) atoms. The van der Waals surface area contributed by atoms with Gasteiger partial charge in [-0.3, -0.25) is 13.9 Å². The third-order valence-electron chi connectivity index (χ3n) is 5.20. The molecule has 1 atom stereocenters. The zero-order valence-corrected chi connectivity index (χ0v) is 23.2. The lowest BCUT2D eigenvalue weighted by Gasteiger charge is -2.33. The molecule has 11 heteroatoms. The van der Waals surface area contributed by atoms with Crippen LogP contribution in [0.1, 0.15) is 32.8 Å². The third-order valence-corrected chi connectivity index (χ3v) is 7.33. The first kappa shape index (κ1) is 29.2. The van der Waals surface area contributed by atoms with Crippen LogP contribution in [-0.4, -0.2) is 50.5 Å². The number of carbonyl (C=O) groups is 2. The Morgan fingerprint density at radius 2 is 1.63 bits per heavy atom. The molecule has 0 aromatic heterocycles. The zero-order valence-electron chi connectivity index (χ0n) is 20.1. The van der Waals surface area contributed by atoms with Gasteiger partial charge < -0.3 is 10.2 Å². The van der Waals surface area contributed by atoms with Gasteiger partial charge in [0.2, 0.25) is 21.8 Å². The number of halogens is 3. The van der Waals surface area contributed by atoms with Crippen LogP contribution in [0.25, 0.3) is 0 Å². The maximum Gasteiger partial charge on any atom is 0.244 e. The Hall–Kier alpha value is -2.00. The summed E-state index contributed by atoms with van der Waals surface area (Å²) in [5.74, 6) is -0.628. The molecule has 2 rings (SSSR count). The van der Waals surface area contributed by atoms with Gasteiger partial charge in [0.1, 0.15) is 12.6 Å². The molecule has 2 aromatic rings. The van der Waals surface area contributed by atoms with Crippen LogP contribution < -0.4 is 9.62 Å². The van der Waals surface area contributed by atoms with Crippen molar-refractivity contribution in [2.24, 2.45) is 5.92 Å². The Morgan fingerprint density at radius 3 is 2.14 bits per heavy atom. The van der Waals surface area contributed by atoms with E-state index < -0.39 is 28.5 Å². The van der Waals surface area contributed by atoms with Crippen molar-refractivity contribution in [3.05, 3.63) is 63.1 Å². The summed E-state index contributed by atoms with van der Waals surface area (Å²) in [5.41, 5.74) is 0.942. The van der Waals surface area contributed by atoms with Gasteiger partial charge >= 0.3 is 0 Å². The van der Waals surface area contributed by atoms with Crippen molar-refractivity contribution in [1.82, 2.24) is 10.2 Å². The largest absolute Gasteiger partial charge is 0.354 e. The standard InChI is InChI=1S/C24H30Cl3N3O4S/c1-5-22(24(32)28-13-16(2)3)29(14-17-6-11-20(26)21(27)12-17)23(31)15-30(35(4,33)34)19-9-7-18(25)8-10-19/h6-12,16,22H,5,13-15H2,1-4H3,(H,28,32)/t22-/m0/s1. The fraction of sp³-hybridized carbons (Fsp3) is 0.417. The Bertz CT molecular complexity index is 1140. The van der Waals surface area contributed by atoms with Crippen molar-refractivity contribution >= 4 is 62.3 Å². The Kier molecular flexibility index (Phi) is 10.7. The van der Waals surface area contributed by atoms with Crippen molar-refractivity contribution in [1.29, 1.82) is 0 Å². The summed E-state index contributed by atoms with van der Waals surface area (Å²) in [7, 11) is -3.82. The van der Waals surface area contributed by atoms with E-state index in [-0.39, 0.29) is 24.1 Å². The minimum absolute atomic E-state index is 0.0432. The molecule has 0 radical (unpaired) electrons. The van der Waals surface area contributed by atoms with Crippen LogP contribution in [-0.2, 0) is 26.2 Å². The molecule has 0 aliphatic heterocycles. The number of nitrogens with one attached hydrogen (secondary N) is 1. The minimum atomic E-state index is -3.82. The molecule has 0 saturated heterocycles. The maximum atomic E-state index is 13.6. The Labute approximate surface area is 222 Å². The molecule has 0 aliphatic carbocycles. The monoisotopic (exact) mass is 561 g/mol. The van der Waals surface area contributed by atoms with Crippen LogP contribution >= 0.6 is 34.8 Å². The molecule has 2 aromatic carbocycles. The van der Waals surface area contributed by atoms with Crippen molar-refractivity contribution in [2.45, 2.75) is 39.8 Å². The fourth-order valence-electron chi connectivity index (χ4n) is 3.40. The van der Waals surface area contributed by atoms with Crippen LogP contribution in [0.3, 0.4) is 0 Å². The van der Waals surface area contributed by atoms with Gasteiger partial charge in [-0.2, -0.15) is 0 Å². The summed E-state index contributed by atoms with van der Waals surface area (Å²) in [6, 6.07) is 10.2. The fourth-order valence-corrected chi connectivity index (χ4v) is 4.69. The summed E-state index contributed by atoms with van der Waals surface area (Å²) >= 11 is 18.1. The number of rotatable bonds is 11. The quantitative estimate of drug-likeness (QED) is 0.418. The molecule has 0 unspecified atom stereocenters. The number of hydrogen-bond donors (Lipinski definition) is 1. The van der Waals surface area contributed by atoms with Crippen LogP contribution in [0.5, 0.6) is 0 Å². The van der Waals surface area contributed by atoms with E-state index in [1.807, 2.05) is 13.8 Å². The first-order chi connectivity index (χ1) is 16.3. The highest BCUT2D eigenvalue weighted by atomic mass is 35.5.